The minimum Gasteiger partial charge on any atom is -0.395 e. The molecule has 13 heavy (non-hydrogen) atoms. The Balaban J connectivity index is 2.08. The molecule has 1 heterocycles. The van der Waals surface area contributed by atoms with E-state index in [9.17, 15) is 0 Å². The van der Waals surface area contributed by atoms with Crippen molar-refractivity contribution in [2.45, 2.75) is 0 Å². The van der Waals surface area contributed by atoms with Gasteiger partial charge in [0.25, 0.3) is 0 Å². The number of aliphatic hydroxyl groups excluding tert-OH is 1. The van der Waals surface area contributed by atoms with Gasteiger partial charge in [-0.1, -0.05) is 0 Å². The first kappa shape index (κ1) is 11.3. The average molecular weight is 206 g/mol. The Bertz CT molecular complexity index is 129. The van der Waals surface area contributed by atoms with Gasteiger partial charge in [0.2, 0.25) is 0 Å². The molecule has 1 saturated heterocycles. The zero-order valence-electron chi connectivity index (χ0n) is 7.85. The number of hydrogen-bond acceptors (Lipinski definition) is 5. The highest BCUT2D eigenvalue weighted by Gasteiger charge is 2.15. The first-order valence-electron chi connectivity index (χ1n) is 4.68. The maximum atomic E-state index is 8.73. The van der Waals surface area contributed by atoms with Crippen molar-refractivity contribution in [2.75, 3.05) is 51.6 Å². The van der Waals surface area contributed by atoms with Crippen LogP contribution in [-0.2, 0) is 0 Å². The van der Waals surface area contributed by atoms with Crippen LogP contribution >= 0.6 is 12.0 Å². The zero-order chi connectivity index (χ0) is 9.52. The lowest BCUT2D eigenvalue weighted by atomic mass is 10.3. The fraction of sp³-hybridized carbons (Fsp3) is 1.00. The van der Waals surface area contributed by atoms with Gasteiger partial charge < -0.3 is 9.66 Å². The van der Waals surface area contributed by atoms with Gasteiger partial charge in [0.15, 0.2) is 0 Å². The molecule has 1 rings (SSSR count). The lowest BCUT2D eigenvalue weighted by Crippen LogP contribution is -2.47. The van der Waals surface area contributed by atoms with E-state index in [1.54, 1.807) is 0 Å². The van der Waals surface area contributed by atoms with E-state index >= 15 is 0 Å². The fourth-order valence-electron chi connectivity index (χ4n) is 1.55. The van der Waals surface area contributed by atoms with Crippen molar-refractivity contribution in [1.82, 2.24) is 9.80 Å². The first-order valence-corrected chi connectivity index (χ1v) is 5.63. The molecule has 0 radical (unpaired) electrons. The summed E-state index contributed by atoms with van der Waals surface area (Å²) in [6, 6.07) is 0. The summed E-state index contributed by atoms with van der Waals surface area (Å²) in [4.78, 5) is 4.61. The molecule has 0 saturated carbocycles. The van der Waals surface area contributed by atoms with Crippen LogP contribution < -0.4 is 0 Å². The van der Waals surface area contributed by atoms with Crippen molar-refractivity contribution in [1.29, 1.82) is 0 Å². The first-order chi connectivity index (χ1) is 6.36. The summed E-state index contributed by atoms with van der Waals surface area (Å²) in [7, 11) is 0. The minimum atomic E-state index is 0.256. The molecule has 0 aliphatic carbocycles. The van der Waals surface area contributed by atoms with Crippen LogP contribution in [0.1, 0.15) is 0 Å². The van der Waals surface area contributed by atoms with Gasteiger partial charge in [-0.3, -0.25) is 9.80 Å². The summed E-state index contributed by atoms with van der Waals surface area (Å²) < 4.78 is 8.58. The summed E-state index contributed by atoms with van der Waals surface area (Å²) in [5.74, 6) is 0.792. The van der Waals surface area contributed by atoms with E-state index < -0.39 is 0 Å². The molecule has 5 heteroatoms. The van der Waals surface area contributed by atoms with Crippen molar-refractivity contribution in [3.8, 4) is 0 Å². The molecule has 0 aromatic heterocycles. The summed E-state index contributed by atoms with van der Waals surface area (Å²) in [5, 5.41) is 8.73. The Morgan fingerprint density at radius 2 is 1.54 bits per heavy atom. The van der Waals surface area contributed by atoms with Gasteiger partial charge in [0.1, 0.15) is 0 Å². The van der Waals surface area contributed by atoms with Crippen molar-refractivity contribution in [2.24, 2.45) is 0 Å². The Labute approximate surface area is 83.7 Å². The summed E-state index contributed by atoms with van der Waals surface area (Å²) in [5.41, 5.74) is 0. The lowest BCUT2D eigenvalue weighted by Gasteiger charge is -2.33. The van der Waals surface area contributed by atoms with Crippen LogP contribution in [-0.4, -0.2) is 71.1 Å². The van der Waals surface area contributed by atoms with Crippen LogP contribution in [0.5, 0.6) is 0 Å². The summed E-state index contributed by atoms with van der Waals surface area (Å²) in [6.07, 6.45) is 0. The summed E-state index contributed by atoms with van der Waals surface area (Å²) >= 11 is 0.911. The average Bonchev–Trinajstić information content (AvgIpc) is 2.17. The number of nitrogens with zero attached hydrogens (tertiary/aromatic N) is 2. The topological polar surface area (TPSA) is 46.9 Å². The third kappa shape index (κ3) is 4.28. The number of β-amino-alcohol motifs (C(OH)–C–C–N with tert-alkyl or cyclic N) is 1. The second-order valence-electron chi connectivity index (χ2n) is 3.24. The van der Waals surface area contributed by atoms with Crippen molar-refractivity contribution < 1.29 is 9.66 Å². The molecule has 0 atom stereocenters. The van der Waals surface area contributed by atoms with Crippen LogP contribution in [0, 0.1) is 0 Å². The van der Waals surface area contributed by atoms with E-state index in [-0.39, 0.29) is 6.61 Å². The standard InChI is InChI=1S/C8H18N2O2S/c11-7-5-9-1-3-10(4-2-9)6-8-13-12/h11-12H,1-8H2. The van der Waals surface area contributed by atoms with Crippen molar-refractivity contribution >= 4 is 12.0 Å². The number of rotatable bonds is 5. The Kier molecular flexibility index (Phi) is 5.73. The largest absolute Gasteiger partial charge is 0.395 e. The molecule has 1 aliphatic heterocycles. The van der Waals surface area contributed by atoms with Gasteiger partial charge in [-0.15, -0.1) is 0 Å². The molecule has 0 bridgehead atoms. The molecule has 0 aromatic rings. The molecule has 0 aromatic carbocycles. The van der Waals surface area contributed by atoms with Crippen molar-refractivity contribution in [3.63, 3.8) is 0 Å². The predicted octanol–water partition coefficient (Wildman–Crippen LogP) is -0.197. The predicted molar refractivity (Wildman–Crippen MR) is 55.1 cm³/mol. The molecule has 78 valence electrons. The van der Waals surface area contributed by atoms with Crippen LogP contribution in [0.2, 0.25) is 0 Å². The Hall–Kier alpha value is 0.190. The van der Waals surface area contributed by atoms with E-state index in [1.807, 2.05) is 0 Å². The van der Waals surface area contributed by atoms with Gasteiger partial charge in [0, 0.05) is 45.0 Å². The minimum absolute atomic E-state index is 0.256. The SMILES string of the molecule is OCCN1CCN(CCSO)CC1. The molecule has 0 unspecified atom stereocenters. The zero-order valence-corrected chi connectivity index (χ0v) is 8.67. The summed E-state index contributed by atoms with van der Waals surface area (Å²) in [6.45, 7) is 6.21. The second-order valence-corrected chi connectivity index (χ2v) is 3.91. The maximum Gasteiger partial charge on any atom is 0.0558 e. The smallest absolute Gasteiger partial charge is 0.0558 e. The third-order valence-electron chi connectivity index (χ3n) is 2.38. The van der Waals surface area contributed by atoms with Crippen molar-refractivity contribution in [3.05, 3.63) is 0 Å². The Morgan fingerprint density at radius 3 is 2.00 bits per heavy atom. The number of aliphatic hydroxyl groups is 1. The number of piperazine rings is 1. The van der Waals surface area contributed by atoms with E-state index in [2.05, 4.69) is 9.80 Å². The van der Waals surface area contributed by atoms with E-state index in [4.69, 9.17) is 9.66 Å². The highest BCUT2D eigenvalue weighted by Crippen LogP contribution is 2.02. The van der Waals surface area contributed by atoms with Gasteiger partial charge in [0.05, 0.1) is 6.61 Å². The highest BCUT2D eigenvalue weighted by molar-refractivity contribution is 7.93. The molecule has 1 fully saturated rings. The third-order valence-corrected chi connectivity index (χ3v) is 2.75. The second kappa shape index (κ2) is 6.62. The molecule has 1 aliphatic rings. The van der Waals surface area contributed by atoms with Gasteiger partial charge in [-0.25, -0.2) is 0 Å². The van der Waals surface area contributed by atoms with Crippen LogP contribution in [0.4, 0.5) is 0 Å². The van der Waals surface area contributed by atoms with Crippen LogP contribution in [0.25, 0.3) is 0 Å². The monoisotopic (exact) mass is 206 g/mol. The molecule has 0 spiro atoms. The van der Waals surface area contributed by atoms with Crippen LogP contribution in [0.3, 0.4) is 0 Å². The van der Waals surface area contributed by atoms with Crippen LogP contribution in [0.15, 0.2) is 0 Å². The molecule has 2 N–H and O–H groups in total. The normalized spacial score (nSPS) is 20.8. The van der Waals surface area contributed by atoms with E-state index in [0.717, 1.165) is 57.1 Å². The molecular weight excluding hydrogens is 188 g/mol. The fourth-order valence-corrected chi connectivity index (χ4v) is 1.89. The maximum absolute atomic E-state index is 8.73. The molecular formula is C8H18N2O2S. The van der Waals surface area contributed by atoms with E-state index in [0.29, 0.717) is 0 Å². The molecule has 4 nitrogen and oxygen atoms in total. The van der Waals surface area contributed by atoms with Gasteiger partial charge in [-0.05, 0) is 12.0 Å². The van der Waals surface area contributed by atoms with E-state index in [1.165, 1.54) is 0 Å². The quantitative estimate of drug-likeness (QED) is 0.610. The van der Waals surface area contributed by atoms with Gasteiger partial charge >= 0.3 is 0 Å². The highest BCUT2D eigenvalue weighted by atomic mass is 32.2. The Morgan fingerprint density at radius 1 is 1.00 bits per heavy atom. The molecule has 0 amide bonds. The number of hydrogen-bond donors (Lipinski definition) is 2. The van der Waals surface area contributed by atoms with Gasteiger partial charge in [-0.2, -0.15) is 0 Å². The lowest BCUT2D eigenvalue weighted by molar-refractivity contribution is 0.117.